The van der Waals surface area contributed by atoms with Crippen molar-refractivity contribution in [2.45, 2.75) is 18.9 Å². The van der Waals surface area contributed by atoms with Crippen LogP contribution in [0.25, 0.3) is 6.08 Å². The van der Waals surface area contributed by atoms with E-state index < -0.39 is 0 Å². The van der Waals surface area contributed by atoms with Gasteiger partial charge in [0.25, 0.3) is 0 Å². The van der Waals surface area contributed by atoms with Crippen LogP contribution in [0.2, 0.25) is 0 Å². The normalized spacial score (nSPS) is 21.6. The van der Waals surface area contributed by atoms with Crippen LogP contribution in [0.15, 0.2) is 30.3 Å². The fraction of sp³-hybridized carbons (Fsp3) is 0.467. The van der Waals surface area contributed by atoms with E-state index in [-0.39, 0.29) is 5.82 Å². The predicted molar refractivity (Wildman–Crippen MR) is 74.0 cm³/mol. The van der Waals surface area contributed by atoms with Crippen molar-refractivity contribution >= 4 is 6.08 Å². The van der Waals surface area contributed by atoms with E-state index in [1.165, 1.54) is 31.5 Å². The number of nitrogens with one attached hydrogen (secondary N) is 1. The van der Waals surface area contributed by atoms with E-state index >= 15 is 0 Å². The highest BCUT2D eigenvalue weighted by molar-refractivity contribution is 5.48. The zero-order chi connectivity index (χ0) is 12.8. The van der Waals surface area contributed by atoms with Crippen LogP contribution in [0.4, 0.5) is 4.39 Å². The maximum Gasteiger partial charge on any atom is 0.123 e. The van der Waals surface area contributed by atoms with Crippen molar-refractivity contribution < 1.29 is 4.39 Å². The molecule has 0 aromatic heterocycles. The second-order valence-corrected chi connectivity index (χ2v) is 4.84. The van der Waals surface area contributed by atoms with E-state index in [1.807, 2.05) is 7.05 Å². The van der Waals surface area contributed by atoms with E-state index in [9.17, 15) is 4.39 Å². The topological polar surface area (TPSA) is 15.3 Å². The molecule has 1 heterocycles. The Bertz CT molecular complexity index is 386. The molecule has 0 amide bonds. The molecule has 1 atom stereocenters. The van der Waals surface area contributed by atoms with Crippen molar-refractivity contribution in [2.75, 3.05) is 26.7 Å². The molecule has 98 valence electrons. The standard InChI is InChI=1S/C15H21FN2/c1-17-15-5-3-11-18(12-15)10-2-4-13-6-8-14(16)9-7-13/h2,4,6-9,15,17H,3,5,10-12H2,1H3/b4-2+. The number of halogens is 1. The van der Waals surface area contributed by atoms with Gasteiger partial charge in [-0.15, -0.1) is 0 Å². The fourth-order valence-corrected chi connectivity index (χ4v) is 2.37. The van der Waals surface area contributed by atoms with Gasteiger partial charge in [-0.1, -0.05) is 24.3 Å². The highest BCUT2D eigenvalue weighted by Gasteiger charge is 2.16. The van der Waals surface area contributed by atoms with Crippen LogP contribution in [0.3, 0.4) is 0 Å². The van der Waals surface area contributed by atoms with Crippen LogP contribution in [-0.4, -0.2) is 37.6 Å². The highest BCUT2D eigenvalue weighted by Crippen LogP contribution is 2.10. The first-order chi connectivity index (χ1) is 8.78. The van der Waals surface area contributed by atoms with Gasteiger partial charge in [0.15, 0.2) is 0 Å². The lowest BCUT2D eigenvalue weighted by Crippen LogP contribution is -2.44. The molecule has 1 unspecified atom stereocenters. The quantitative estimate of drug-likeness (QED) is 0.881. The summed E-state index contributed by atoms with van der Waals surface area (Å²) in [4.78, 5) is 2.45. The average Bonchev–Trinajstić information content (AvgIpc) is 2.41. The van der Waals surface area contributed by atoms with Crippen molar-refractivity contribution in [3.05, 3.63) is 41.7 Å². The maximum absolute atomic E-state index is 12.7. The minimum atomic E-state index is -0.181. The number of hydrogen-bond donors (Lipinski definition) is 1. The lowest BCUT2D eigenvalue weighted by molar-refractivity contribution is 0.213. The van der Waals surface area contributed by atoms with Gasteiger partial charge in [-0.05, 0) is 44.1 Å². The number of likely N-dealkylation sites (tertiary alicyclic amines) is 1. The van der Waals surface area contributed by atoms with Gasteiger partial charge in [-0.25, -0.2) is 4.39 Å². The molecule has 2 nitrogen and oxygen atoms in total. The molecular weight excluding hydrogens is 227 g/mol. The number of piperidine rings is 1. The third kappa shape index (κ3) is 3.93. The van der Waals surface area contributed by atoms with Gasteiger partial charge in [0.1, 0.15) is 5.82 Å². The fourth-order valence-electron chi connectivity index (χ4n) is 2.37. The van der Waals surface area contributed by atoms with Gasteiger partial charge in [0.2, 0.25) is 0 Å². The van der Waals surface area contributed by atoms with Crippen molar-refractivity contribution in [1.82, 2.24) is 10.2 Å². The summed E-state index contributed by atoms with van der Waals surface area (Å²) < 4.78 is 12.7. The second kappa shape index (κ2) is 6.66. The van der Waals surface area contributed by atoms with Crippen LogP contribution in [0.5, 0.6) is 0 Å². The number of nitrogens with zero attached hydrogens (tertiary/aromatic N) is 1. The minimum absolute atomic E-state index is 0.181. The van der Waals surface area contributed by atoms with Gasteiger partial charge >= 0.3 is 0 Å². The lowest BCUT2D eigenvalue weighted by Gasteiger charge is -2.31. The molecule has 18 heavy (non-hydrogen) atoms. The Kier molecular flexibility index (Phi) is 4.90. The SMILES string of the molecule is CNC1CCCN(C/C=C/c2ccc(F)cc2)C1. The summed E-state index contributed by atoms with van der Waals surface area (Å²) in [6, 6.07) is 7.23. The monoisotopic (exact) mass is 248 g/mol. The molecule has 0 aliphatic carbocycles. The van der Waals surface area contributed by atoms with Gasteiger partial charge in [0, 0.05) is 19.1 Å². The van der Waals surface area contributed by atoms with Crippen LogP contribution in [0.1, 0.15) is 18.4 Å². The number of benzene rings is 1. The smallest absolute Gasteiger partial charge is 0.123 e. The van der Waals surface area contributed by atoms with Crippen molar-refractivity contribution in [3.8, 4) is 0 Å². The largest absolute Gasteiger partial charge is 0.316 e. The van der Waals surface area contributed by atoms with Crippen molar-refractivity contribution in [3.63, 3.8) is 0 Å². The van der Waals surface area contributed by atoms with Crippen LogP contribution in [0, 0.1) is 5.82 Å². The Morgan fingerprint density at radius 2 is 2.17 bits per heavy atom. The van der Waals surface area contributed by atoms with Crippen molar-refractivity contribution in [1.29, 1.82) is 0 Å². The molecule has 1 aromatic carbocycles. The zero-order valence-electron chi connectivity index (χ0n) is 10.9. The molecular formula is C15H21FN2. The Labute approximate surface area is 108 Å². The molecule has 0 bridgehead atoms. The number of rotatable bonds is 4. The third-order valence-electron chi connectivity index (χ3n) is 3.46. The van der Waals surface area contributed by atoms with Gasteiger partial charge in [-0.3, -0.25) is 4.90 Å². The zero-order valence-corrected chi connectivity index (χ0v) is 10.9. The predicted octanol–water partition coefficient (Wildman–Crippen LogP) is 2.52. The molecule has 1 aliphatic heterocycles. The van der Waals surface area contributed by atoms with E-state index in [0.29, 0.717) is 6.04 Å². The summed E-state index contributed by atoms with van der Waals surface area (Å²) in [5.74, 6) is -0.181. The molecule has 1 aromatic rings. The minimum Gasteiger partial charge on any atom is -0.316 e. The van der Waals surface area contributed by atoms with Gasteiger partial charge in [0.05, 0.1) is 0 Å². The van der Waals surface area contributed by atoms with E-state index in [2.05, 4.69) is 22.4 Å². The lowest BCUT2D eigenvalue weighted by atomic mass is 10.1. The molecule has 1 N–H and O–H groups in total. The molecule has 0 radical (unpaired) electrons. The van der Waals surface area contributed by atoms with E-state index in [0.717, 1.165) is 18.7 Å². The summed E-state index contributed by atoms with van der Waals surface area (Å²) in [5.41, 5.74) is 1.05. The van der Waals surface area contributed by atoms with E-state index in [1.54, 1.807) is 12.1 Å². The molecule has 0 spiro atoms. The first-order valence-corrected chi connectivity index (χ1v) is 6.59. The maximum atomic E-state index is 12.7. The molecule has 3 heteroatoms. The first-order valence-electron chi connectivity index (χ1n) is 6.59. The van der Waals surface area contributed by atoms with Gasteiger partial charge in [-0.2, -0.15) is 0 Å². The molecule has 0 saturated carbocycles. The summed E-state index contributed by atoms with van der Waals surface area (Å²) in [6.07, 6.45) is 6.75. The molecule has 1 saturated heterocycles. The van der Waals surface area contributed by atoms with E-state index in [4.69, 9.17) is 0 Å². The van der Waals surface area contributed by atoms with Crippen LogP contribution in [-0.2, 0) is 0 Å². The summed E-state index contributed by atoms with van der Waals surface area (Å²) in [5, 5.41) is 3.34. The number of hydrogen-bond acceptors (Lipinski definition) is 2. The Morgan fingerprint density at radius 1 is 1.39 bits per heavy atom. The molecule has 2 rings (SSSR count). The van der Waals surface area contributed by atoms with Gasteiger partial charge < -0.3 is 5.32 Å². The summed E-state index contributed by atoms with van der Waals surface area (Å²) in [7, 11) is 2.03. The highest BCUT2D eigenvalue weighted by atomic mass is 19.1. The summed E-state index contributed by atoms with van der Waals surface area (Å²) in [6.45, 7) is 3.26. The molecule has 1 fully saturated rings. The Morgan fingerprint density at radius 3 is 2.89 bits per heavy atom. The Balaban J connectivity index is 1.81. The average molecular weight is 248 g/mol. The van der Waals surface area contributed by atoms with Crippen molar-refractivity contribution in [2.24, 2.45) is 0 Å². The Hall–Kier alpha value is -1.19. The first kappa shape index (κ1) is 13.2. The van der Waals surface area contributed by atoms with Crippen LogP contribution < -0.4 is 5.32 Å². The second-order valence-electron chi connectivity index (χ2n) is 4.84. The molecule has 1 aliphatic rings. The third-order valence-corrected chi connectivity index (χ3v) is 3.46. The summed E-state index contributed by atoms with van der Waals surface area (Å²) >= 11 is 0. The van der Waals surface area contributed by atoms with Crippen LogP contribution >= 0.6 is 0 Å². The number of likely N-dealkylation sites (N-methyl/N-ethyl adjacent to an activating group) is 1.